The fraction of sp³-hybridized carbons (Fsp3) is 0.208. The van der Waals surface area contributed by atoms with Crippen LogP contribution in [-0.4, -0.2) is 41.4 Å². The second kappa shape index (κ2) is 8.95. The molecule has 0 aliphatic heterocycles. The largest absolute Gasteiger partial charge is 0.350 e. The van der Waals surface area contributed by atoms with Crippen LogP contribution in [0.1, 0.15) is 32.6 Å². The van der Waals surface area contributed by atoms with Gasteiger partial charge in [0.25, 0.3) is 5.91 Å². The maximum Gasteiger partial charge on any atom is 0.272 e. The summed E-state index contributed by atoms with van der Waals surface area (Å²) in [5, 5.41) is 6.09. The third-order valence-electron chi connectivity index (χ3n) is 5.39. The van der Waals surface area contributed by atoms with E-state index in [1.54, 1.807) is 17.5 Å². The van der Waals surface area contributed by atoms with Crippen molar-refractivity contribution in [3.63, 3.8) is 0 Å². The second-order valence-corrected chi connectivity index (χ2v) is 8.83. The fourth-order valence-corrected chi connectivity index (χ4v) is 4.37. The topological polar surface area (TPSA) is 90.0 Å². The van der Waals surface area contributed by atoms with Crippen LogP contribution in [0.25, 0.3) is 17.0 Å². The Kier molecular flexibility index (Phi) is 5.70. The SMILES string of the molecule is Cc1nc(Cn2cc(-c3nc(C(=O)NCCc4cccnc4)c4ccccn34)nc2C)cs1. The maximum absolute atomic E-state index is 13.0. The number of rotatable bonds is 7. The van der Waals surface area contributed by atoms with Crippen LogP contribution in [0.2, 0.25) is 0 Å². The molecule has 0 radical (unpaired) electrons. The van der Waals surface area contributed by atoms with Gasteiger partial charge in [-0.3, -0.25) is 14.2 Å². The summed E-state index contributed by atoms with van der Waals surface area (Å²) in [6.07, 6.45) is 8.12. The molecule has 0 saturated carbocycles. The molecule has 1 amide bonds. The van der Waals surface area contributed by atoms with Crippen molar-refractivity contribution in [2.24, 2.45) is 0 Å². The summed E-state index contributed by atoms with van der Waals surface area (Å²) < 4.78 is 3.97. The summed E-state index contributed by atoms with van der Waals surface area (Å²) in [5.41, 5.74) is 3.93. The number of imidazole rings is 2. The molecule has 0 bridgehead atoms. The van der Waals surface area contributed by atoms with E-state index in [2.05, 4.69) is 25.2 Å². The van der Waals surface area contributed by atoms with Crippen molar-refractivity contribution in [2.45, 2.75) is 26.8 Å². The molecule has 1 N–H and O–H groups in total. The van der Waals surface area contributed by atoms with Gasteiger partial charge in [0.1, 0.15) is 11.5 Å². The lowest BCUT2D eigenvalue weighted by Crippen LogP contribution is -2.26. The normalized spacial score (nSPS) is 11.2. The van der Waals surface area contributed by atoms with Crippen LogP contribution < -0.4 is 5.32 Å². The van der Waals surface area contributed by atoms with Crippen LogP contribution in [-0.2, 0) is 13.0 Å². The molecular formula is C24H23N7OS. The Bertz CT molecular complexity index is 1420. The van der Waals surface area contributed by atoms with Crippen molar-refractivity contribution < 1.29 is 4.79 Å². The van der Waals surface area contributed by atoms with E-state index < -0.39 is 0 Å². The highest BCUT2D eigenvalue weighted by atomic mass is 32.1. The molecule has 0 unspecified atom stereocenters. The Morgan fingerprint density at radius 3 is 2.82 bits per heavy atom. The smallest absolute Gasteiger partial charge is 0.272 e. The lowest BCUT2D eigenvalue weighted by atomic mass is 10.2. The minimum atomic E-state index is -0.206. The minimum Gasteiger partial charge on any atom is -0.350 e. The molecule has 5 aromatic heterocycles. The summed E-state index contributed by atoms with van der Waals surface area (Å²) in [5.74, 6) is 1.30. The molecule has 0 atom stereocenters. The van der Waals surface area contributed by atoms with Gasteiger partial charge in [0.15, 0.2) is 11.5 Å². The number of nitrogens with one attached hydrogen (secondary N) is 1. The van der Waals surface area contributed by atoms with E-state index in [9.17, 15) is 4.79 Å². The number of aryl methyl sites for hydroxylation is 2. The molecule has 0 saturated heterocycles. The Morgan fingerprint density at radius 1 is 1.12 bits per heavy atom. The summed E-state index contributed by atoms with van der Waals surface area (Å²) in [4.78, 5) is 31.1. The minimum absolute atomic E-state index is 0.206. The predicted molar refractivity (Wildman–Crippen MR) is 127 cm³/mol. The van der Waals surface area contributed by atoms with Crippen molar-refractivity contribution in [1.29, 1.82) is 0 Å². The summed E-state index contributed by atoms with van der Waals surface area (Å²) in [7, 11) is 0. The first-order chi connectivity index (χ1) is 16.1. The zero-order chi connectivity index (χ0) is 22.8. The molecule has 0 fully saturated rings. The van der Waals surface area contributed by atoms with Gasteiger partial charge in [-0.15, -0.1) is 11.3 Å². The van der Waals surface area contributed by atoms with Crippen LogP contribution in [0.5, 0.6) is 0 Å². The van der Waals surface area contributed by atoms with Crippen molar-refractivity contribution >= 4 is 22.8 Å². The van der Waals surface area contributed by atoms with E-state index >= 15 is 0 Å². The average Bonchev–Trinajstić information content (AvgIpc) is 3.52. The number of fused-ring (bicyclic) bond motifs is 1. The standard InChI is InChI=1S/C24H23N7OS/c1-16-27-20(14-30(16)13-19-15-33-17(2)28-19)23-29-22(21-7-3-4-11-31(21)23)24(32)26-10-8-18-6-5-9-25-12-18/h3-7,9,11-12,14-15H,8,10,13H2,1-2H3,(H,26,32). The number of hydrogen-bond acceptors (Lipinski definition) is 6. The number of amides is 1. The molecule has 166 valence electrons. The van der Waals surface area contributed by atoms with Crippen LogP contribution in [0, 0.1) is 13.8 Å². The van der Waals surface area contributed by atoms with Gasteiger partial charge in [-0.1, -0.05) is 12.1 Å². The first kappa shape index (κ1) is 21.0. The predicted octanol–water partition coefficient (Wildman–Crippen LogP) is 3.69. The molecule has 5 heterocycles. The van der Waals surface area contributed by atoms with Gasteiger partial charge >= 0.3 is 0 Å². The fourth-order valence-electron chi connectivity index (χ4n) is 3.77. The van der Waals surface area contributed by atoms with Crippen LogP contribution in [0.4, 0.5) is 0 Å². The molecule has 5 rings (SSSR count). The number of thiazole rings is 1. The van der Waals surface area contributed by atoms with Crippen molar-refractivity contribution in [3.8, 4) is 11.5 Å². The molecular weight excluding hydrogens is 434 g/mol. The summed E-state index contributed by atoms with van der Waals surface area (Å²) >= 11 is 1.64. The van der Waals surface area contributed by atoms with Crippen molar-refractivity contribution in [3.05, 3.63) is 88.3 Å². The zero-order valence-electron chi connectivity index (χ0n) is 18.4. The average molecular weight is 458 g/mol. The molecule has 0 spiro atoms. The van der Waals surface area contributed by atoms with Gasteiger partial charge in [0.2, 0.25) is 0 Å². The van der Waals surface area contributed by atoms with Gasteiger partial charge in [0, 0.05) is 36.7 Å². The molecule has 8 nitrogen and oxygen atoms in total. The van der Waals surface area contributed by atoms with E-state index in [1.807, 2.05) is 67.2 Å². The first-order valence-electron chi connectivity index (χ1n) is 10.7. The molecule has 33 heavy (non-hydrogen) atoms. The number of aromatic nitrogens is 6. The second-order valence-electron chi connectivity index (χ2n) is 7.77. The highest BCUT2D eigenvalue weighted by Crippen LogP contribution is 2.23. The third kappa shape index (κ3) is 4.40. The van der Waals surface area contributed by atoms with Crippen molar-refractivity contribution in [1.82, 2.24) is 34.2 Å². The lowest BCUT2D eigenvalue weighted by Gasteiger charge is -2.03. The molecule has 0 aliphatic carbocycles. The number of nitrogens with zero attached hydrogens (tertiary/aromatic N) is 6. The van der Waals surface area contributed by atoms with Gasteiger partial charge in [0.05, 0.1) is 22.8 Å². The Balaban J connectivity index is 1.40. The van der Waals surface area contributed by atoms with E-state index in [-0.39, 0.29) is 5.91 Å². The van der Waals surface area contributed by atoms with E-state index in [1.165, 1.54) is 0 Å². The van der Waals surface area contributed by atoms with E-state index in [4.69, 9.17) is 9.97 Å². The van der Waals surface area contributed by atoms with Crippen LogP contribution in [0.3, 0.4) is 0 Å². The van der Waals surface area contributed by atoms with Crippen molar-refractivity contribution in [2.75, 3.05) is 6.54 Å². The Hall–Kier alpha value is -3.85. The summed E-state index contributed by atoms with van der Waals surface area (Å²) in [6, 6.07) is 9.61. The Labute approximate surface area is 195 Å². The third-order valence-corrected chi connectivity index (χ3v) is 6.21. The van der Waals surface area contributed by atoms with Gasteiger partial charge in [-0.25, -0.2) is 15.0 Å². The molecule has 0 aliphatic rings. The number of carbonyl (C=O) groups excluding carboxylic acids is 1. The molecule has 9 heteroatoms. The lowest BCUT2D eigenvalue weighted by molar-refractivity contribution is 0.0951. The zero-order valence-corrected chi connectivity index (χ0v) is 19.2. The van der Waals surface area contributed by atoms with Crippen LogP contribution in [0.15, 0.2) is 60.5 Å². The molecule has 5 aromatic rings. The van der Waals surface area contributed by atoms with Gasteiger partial charge in [-0.05, 0) is 44.0 Å². The van der Waals surface area contributed by atoms with Crippen LogP contribution >= 0.6 is 11.3 Å². The Morgan fingerprint density at radius 2 is 2.03 bits per heavy atom. The molecule has 0 aromatic carbocycles. The van der Waals surface area contributed by atoms with Gasteiger partial charge < -0.3 is 9.88 Å². The monoisotopic (exact) mass is 457 g/mol. The number of carbonyl (C=O) groups is 1. The number of pyridine rings is 2. The van der Waals surface area contributed by atoms with E-state index in [0.29, 0.717) is 31.0 Å². The highest BCUT2D eigenvalue weighted by molar-refractivity contribution is 7.09. The maximum atomic E-state index is 13.0. The highest BCUT2D eigenvalue weighted by Gasteiger charge is 2.20. The van der Waals surface area contributed by atoms with E-state index in [0.717, 1.165) is 33.3 Å². The first-order valence-corrected chi connectivity index (χ1v) is 11.6. The van der Waals surface area contributed by atoms with Gasteiger partial charge in [-0.2, -0.15) is 0 Å². The number of hydrogen-bond donors (Lipinski definition) is 1. The summed E-state index contributed by atoms with van der Waals surface area (Å²) in [6.45, 7) is 5.12. The quantitative estimate of drug-likeness (QED) is 0.403.